The van der Waals surface area contributed by atoms with Gasteiger partial charge in [0.2, 0.25) is 0 Å². The second kappa shape index (κ2) is 3.33. The summed E-state index contributed by atoms with van der Waals surface area (Å²) in [5, 5.41) is 0. The van der Waals surface area contributed by atoms with Crippen molar-refractivity contribution in [3.05, 3.63) is 30.9 Å². The summed E-state index contributed by atoms with van der Waals surface area (Å²) in [5.74, 6) is 1.31. The van der Waals surface area contributed by atoms with E-state index in [0.29, 0.717) is 11.9 Å². The van der Waals surface area contributed by atoms with Gasteiger partial charge in [0.15, 0.2) is 0 Å². The van der Waals surface area contributed by atoms with Crippen LogP contribution in [0.4, 0.5) is 5.82 Å². The standard InChI is InChI=1S/C12H14N4/c1-8-4-10(8)16-7-14-6-11(16)9-2-3-12(13)15-5-9/h2-3,5-8,10H,4H2,1H3,(H2,13,15). The van der Waals surface area contributed by atoms with E-state index in [1.165, 1.54) is 6.42 Å². The second-order valence-electron chi connectivity index (χ2n) is 4.44. The Bertz CT molecular complexity index is 500. The fraction of sp³-hybridized carbons (Fsp3) is 0.333. The second-order valence-corrected chi connectivity index (χ2v) is 4.44. The van der Waals surface area contributed by atoms with Gasteiger partial charge in [-0.05, 0) is 24.5 Å². The molecule has 0 spiro atoms. The molecule has 3 rings (SSSR count). The van der Waals surface area contributed by atoms with E-state index >= 15 is 0 Å². The minimum absolute atomic E-state index is 0.551. The van der Waals surface area contributed by atoms with Gasteiger partial charge < -0.3 is 10.3 Å². The van der Waals surface area contributed by atoms with Crippen molar-refractivity contribution in [3.63, 3.8) is 0 Å². The topological polar surface area (TPSA) is 56.7 Å². The summed E-state index contributed by atoms with van der Waals surface area (Å²) in [6, 6.07) is 4.42. The van der Waals surface area contributed by atoms with Crippen LogP contribution in [-0.2, 0) is 0 Å². The predicted molar refractivity (Wildman–Crippen MR) is 62.7 cm³/mol. The number of rotatable bonds is 2. The van der Waals surface area contributed by atoms with Crippen LogP contribution in [0.2, 0.25) is 0 Å². The summed E-state index contributed by atoms with van der Waals surface area (Å²) in [7, 11) is 0. The molecule has 1 aliphatic rings. The Balaban J connectivity index is 2.00. The van der Waals surface area contributed by atoms with Crippen molar-refractivity contribution in [2.45, 2.75) is 19.4 Å². The molecule has 2 unspecified atom stereocenters. The summed E-state index contributed by atoms with van der Waals surface area (Å²) >= 11 is 0. The molecular weight excluding hydrogens is 200 g/mol. The van der Waals surface area contributed by atoms with Gasteiger partial charge in [0.25, 0.3) is 0 Å². The van der Waals surface area contributed by atoms with E-state index in [9.17, 15) is 0 Å². The molecule has 4 heteroatoms. The lowest BCUT2D eigenvalue weighted by atomic mass is 10.2. The van der Waals surface area contributed by atoms with E-state index in [1.54, 1.807) is 6.20 Å². The van der Waals surface area contributed by atoms with Crippen LogP contribution in [0.1, 0.15) is 19.4 Å². The molecule has 16 heavy (non-hydrogen) atoms. The number of hydrogen-bond acceptors (Lipinski definition) is 3. The van der Waals surface area contributed by atoms with Gasteiger partial charge in [0, 0.05) is 17.8 Å². The lowest BCUT2D eigenvalue weighted by Crippen LogP contribution is -1.97. The summed E-state index contributed by atoms with van der Waals surface area (Å²) in [6.07, 6.45) is 6.83. The lowest BCUT2D eigenvalue weighted by Gasteiger charge is -2.06. The molecule has 0 bridgehead atoms. The van der Waals surface area contributed by atoms with Crippen molar-refractivity contribution in [2.75, 3.05) is 5.73 Å². The highest BCUT2D eigenvalue weighted by molar-refractivity contribution is 5.59. The minimum atomic E-state index is 0.551. The van der Waals surface area contributed by atoms with Crippen molar-refractivity contribution in [3.8, 4) is 11.3 Å². The Kier molecular flexibility index (Phi) is 1.96. The third kappa shape index (κ3) is 1.46. The number of anilines is 1. The summed E-state index contributed by atoms with van der Waals surface area (Å²) in [6.45, 7) is 2.26. The highest BCUT2D eigenvalue weighted by Gasteiger charge is 2.35. The van der Waals surface area contributed by atoms with E-state index in [1.807, 2.05) is 24.7 Å². The number of imidazole rings is 1. The SMILES string of the molecule is CC1CC1n1cncc1-c1ccc(N)nc1. The first-order valence-electron chi connectivity index (χ1n) is 5.49. The maximum Gasteiger partial charge on any atom is 0.123 e. The fourth-order valence-corrected chi connectivity index (χ4v) is 2.04. The number of nitrogens with two attached hydrogens (primary N) is 1. The predicted octanol–water partition coefficient (Wildman–Crippen LogP) is 2.11. The van der Waals surface area contributed by atoms with E-state index < -0.39 is 0 Å². The molecule has 2 aromatic heterocycles. The van der Waals surface area contributed by atoms with E-state index in [4.69, 9.17) is 5.73 Å². The third-order valence-electron chi connectivity index (χ3n) is 3.17. The highest BCUT2D eigenvalue weighted by atomic mass is 15.1. The summed E-state index contributed by atoms with van der Waals surface area (Å²) in [4.78, 5) is 8.33. The van der Waals surface area contributed by atoms with Crippen LogP contribution in [-0.4, -0.2) is 14.5 Å². The number of nitrogens with zero attached hydrogens (tertiary/aromatic N) is 3. The number of nitrogen functional groups attached to an aromatic ring is 1. The highest BCUT2D eigenvalue weighted by Crippen LogP contribution is 2.44. The van der Waals surface area contributed by atoms with Gasteiger partial charge in [0.1, 0.15) is 5.82 Å². The molecule has 0 saturated heterocycles. The Hall–Kier alpha value is -1.84. The molecule has 1 aliphatic carbocycles. The molecule has 4 nitrogen and oxygen atoms in total. The first-order valence-corrected chi connectivity index (χ1v) is 5.49. The molecule has 82 valence electrons. The molecule has 2 atom stereocenters. The molecular formula is C12H14N4. The first kappa shape index (κ1) is 9.39. The van der Waals surface area contributed by atoms with E-state index in [2.05, 4.69) is 21.5 Å². The Morgan fingerprint density at radius 2 is 2.19 bits per heavy atom. The van der Waals surface area contributed by atoms with Crippen LogP contribution in [0, 0.1) is 5.92 Å². The van der Waals surface area contributed by atoms with Gasteiger partial charge in [-0.2, -0.15) is 0 Å². The fourth-order valence-electron chi connectivity index (χ4n) is 2.04. The molecule has 0 amide bonds. The smallest absolute Gasteiger partial charge is 0.123 e. The lowest BCUT2D eigenvalue weighted by molar-refractivity contribution is 0.690. The van der Waals surface area contributed by atoms with Crippen molar-refractivity contribution >= 4 is 5.82 Å². The Morgan fingerprint density at radius 3 is 2.81 bits per heavy atom. The number of pyridine rings is 1. The maximum absolute atomic E-state index is 5.58. The average Bonchev–Trinajstić information content (AvgIpc) is 2.82. The van der Waals surface area contributed by atoms with Crippen LogP contribution in [0.25, 0.3) is 11.3 Å². The monoisotopic (exact) mass is 214 g/mol. The molecule has 0 aromatic carbocycles. The van der Waals surface area contributed by atoms with Gasteiger partial charge >= 0.3 is 0 Å². The number of hydrogen-bond donors (Lipinski definition) is 1. The van der Waals surface area contributed by atoms with Gasteiger partial charge in [-0.1, -0.05) is 6.92 Å². The summed E-state index contributed by atoms with van der Waals surface area (Å²) < 4.78 is 2.23. The normalized spacial score (nSPS) is 23.3. The van der Waals surface area contributed by atoms with E-state index in [0.717, 1.165) is 17.2 Å². The van der Waals surface area contributed by atoms with Crippen LogP contribution in [0.15, 0.2) is 30.9 Å². The van der Waals surface area contributed by atoms with Crippen LogP contribution < -0.4 is 5.73 Å². The molecule has 2 N–H and O–H groups in total. The third-order valence-corrected chi connectivity index (χ3v) is 3.17. The van der Waals surface area contributed by atoms with Gasteiger partial charge in [0.05, 0.1) is 18.2 Å². The molecule has 2 heterocycles. The molecule has 1 fully saturated rings. The van der Waals surface area contributed by atoms with E-state index in [-0.39, 0.29) is 0 Å². The maximum atomic E-state index is 5.58. The zero-order valence-corrected chi connectivity index (χ0v) is 9.17. The molecule has 1 saturated carbocycles. The largest absolute Gasteiger partial charge is 0.384 e. The molecule has 2 aromatic rings. The van der Waals surface area contributed by atoms with Crippen molar-refractivity contribution < 1.29 is 0 Å². The number of aromatic nitrogens is 3. The van der Waals surface area contributed by atoms with Crippen LogP contribution in [0.3, 0.4) is 0 Å². The zero-order valence-electron chi connectivity index (χ0n) is 9.17. The minimum Gasteiger partial charge on any atom is -0.384 e. The van der Waals surface area contributed by atoms with Crippen molar-refractivity contribution in [1.82, 2.24) is 14.5 Å². The first-order chi connectivity index (χ1) is 7.75. The quantitative estimate of drug-likeness (QED) is 0.833. The van der Waals surface area contributed by atoms with Crippen molar-refractivity contribution in [2.24, 2.45) is 5.92 Å². The molecule has 0 radical (unpaired) electrons. The van der Waals surface area contributed by atoms with Gasteiger partial charge in [-0.3, -0.25) is 0 Å². The Morgan fingerprint density at radius 1 is 1.38 bits per heavy atom. The van der Waals surface area contributed by atoms with Gasteiger partial charge in [-0.15, -0.1) is 0 Å². The molecule has 0 aliphatic heterocycles. The summed E-state index contributed by atoms with van der Waals surface area (Å²) in [5.41, 5.74) is 7.78. The van der Waals surface area contributed by atoms with Gasteiger partial charge in [-0.25, -0.2) is 9.97 Å². The zero-order chi connectivity index (χ0) is 11.1. The van der Waals surface area contributed by atoms with Crippen LogP contribution in [0.5, 0.6) is 0 Å². The average molecular weight is 214 g/mol. The van der Waals surface area contributed by atoms with Crippen LogP contribution >= 0.6 is 0 Å². The van der Waals surface area contributed by atoms with Crippen molar-refractivity contribution in [1.29, 1.82) is 0 Å². The Labute approximate surface area is 94.1 Å².